The standard InChI is InChI=1S/C9H6Cl2NP/c10-13(11)9-6-5-7-3-1-2-4-8(7)12-9/h1-6H. The van der Waals surface area contributed by atoms with Gasteiger partial charge < -0.3 is 0 Å². The van der Waals surface area contributed by atoms with Crippen molar-refractivity contribution < 1.29 is 0 Å². The van der Waals surface area contributed by atoms with E-state index in [2.05, 4.69) is 4.98 Å². The lowest BCUT2D eigenvalue weighted by Gasteiger charge is -2.01. The predicted octanol–water partition coefficient (Wildman–Crippen LogP) is 3.65. The van der Waals surface area contributed by atoms with Crippen LogP contribution in [0, 0.1) is 0 Å². The third-order valence-corrected chi connectivity index (χ3v) is 3.39. The van der Waals surface area contributed by atoms with Gasteiger partial charge in [-0.15, -0.1) is 0 Å². The first-order valence-corrected chi connectivity index (χ1v) is 6.90. The highest BCUT2D eigenvalue weighted by atomic mass is 35.9. The molecule has 0 atom stereocenters. The van der Waals surface area contributed by atoms with Gasteiger partial charge in [-0.3, -0.25) is 0 Å². The average molecular weight is 230 g/mol. The van der Waals surface area contributed by atoms with E-state index in [4.69, 9.17) is 22.5 Å². The van der Waals surface area contributed by atoms with E-state index in [1.54, 1.807) is 0 Å². The maximum absolute atomic E-state index is 5.77. The molecule has 0 aliphatic rings. The van der Waals surface area contributed by atoms with Gasteiger partial charge in [0.25, 0.3) is 0 Å². The lowest BCUT2D eigenvalue weighted by Crippen LogP contribution is -2.00. The zero-order valence-corrected chi connectivity index (χ0v) is 9.02. The van der Waals surface area contributed by atoms with Gasteiger partial charge in [0.15, 0.2) is 0 Å². The van der Waals surface area contributed by atoms with Crippen LogP contribution < -0.4 is 5.44 Å². The van der Waals surface area contributed by atoms with Gasteiger partial charge >= 0.3 is 0 Å². The van der Waals surface area contributed by atoms with Gasteiger partial charge in [0.1, 0.15) is 6.63 Å². The second-order valence-corrected chi connectivity index (χ2v) is 6.07. The van der Waals surface area contributed by atoms with Crippen LogP contribution >= 0.6 is 29.1 Å². The van der Waals surface area contributed by atoms with Gasteiger partial charge in [-0.25, -0.2) is 4.98 Å². The first-order chi connectivity index (χ1) is 6.27. The molecule has 0 N–H and O–H groups in total. The molecule has 2 rings (SSSR count). The normalized spacial score (nSPS) is 11.0. The molecule has 1 aromatic carbocycles. The maximum atomic E-state index is 5.77. The van der Waals surface area contributed by atoms with Gasteiger partial charge in [0.2, 0.25) is 0 Å². The fraction of sp³-hybridized carbons (Fsp3) is 0. The molecule has 0 radical (unpaired) electrons. The van der Waals surface area contributed by atoms with Crippen molar-refractivity contribution in [1.82, 2.24) is 4.98 Å². The Balaban J connectivity index is 2.62. The molecular formula is C9H6Cl2NP. The van der Waals surface area contributed by atoms with E-state index in [0.717, 1.165) is 16.3 Å². The number of pyridine rings is 1. The summed E-state index contributed by atoms with van der Waals surface area (Å²) < 4.78 is 0. The van der Waals surface area contributed by atoms with E-state index >= 15 is 0 Å². The molecule has 1 heterocycles. The molecule has 0 aliphatic carbocycles. The van der Waals surface area contributed by atoms with Crippen molar-refractivity contribution in [2.75, 3.05) is 0 Å². The summed E-state index contributed by atoms with van der Waals surface area (Å²) in [5.41, 5.74) is 1.70. The molecule has 4 heteroatoms. The van der Waals surface area contributed by atoms with E-state index < -0.39 is 6.63 Å². The second kappa shape index (κ2) is 3.79. The molecule has 0 aliphatic heterocycles. The zero-order valence-electron chi connectivity index (χ0n) is 6.61. The quantitative estimate of drug-likeness (QED) is 0.681. The van der Waals surface area contributed by atoms with Crippen LogP contribution in [0.5, 0.6) is 0 Å². The van der Waals surface area contributed by atoms with E-state index in [0.29, 0.717) is 0 Å². The number of halogens is 2. The molecule has 0 saturated heterocycles. The van der Waals surface area contributed by atoms with Crippen LogP contribution in [0.2, 0.25) is 0 Å². The molecule has 0 spiro atoms. The third-order valence-electron chi connectivity index (χ3n) is 1.76. The minimum Gasteiger partial charge on any atom is -0.245 e. The molecular weight excluding hydrogens is 224 g/mol. The number of para-hydroxylation sites is 1. The summed E-state index contributed by atoms with van der Waals surface area (Å²) in [5, 5.41) is 1.11. The van der Waals surface area contributed by atoms with Crippen molar-refractivity contribution in [2.45, 2.75) is 0 Å². The molecule has 2 aromatic rings. The number of hydrogen-bond donors (Lipinski definition) is 0. The lowest BCUT2D eigenvalue weighted by molar-refractivity contribution is 1.48. The van der Waals surface area contributed by atoms with Gasteiger partial charge in [0.05, 0.1) is 11.0 Å². The first kappa shape index (κ1) is 9.21. The SMILES string of the molecule is ClP(Cl)c1ccc2ccccc2n1. The molecule has 0 unspecified atom stereocenters. The van der Waals surface area contributed by atoms with E-state index in [1.807, 2.05) is 36.4 Å². The Bertz CT molecular complexity index is 431. The van der Waals surface area contributed by atoms with Crippen LogP contribution in [0.1, 0.15) is 0 Å². The molecule has 0 saturated carbocycles. The van der Waals surface area contributed by atoms with E-state index in [-0.39, 0.29) is 0 Å². The summed E-state index contributed by atoms with van der Waals surface area (Å²) in [7, 11) is 0. The van der Waals surface area contributed by atoms with Crippen molar-refractivity contribution in [3.63, 3.8) is 0 Å². The van der Waals surface area contributed by atoms with E-state index in [1.165, 1.54) is 0 Å². The van der Waals surface area contributed by atoms with Crippen LogP contribution in [0.25, 0.3) is 10.9 Å². The molecule has 1 nitrogen and oxygen atoms in total. The fourth-order valence-electron chi connectivity index (χ4n) is 1.15. The number of rotatable bonds is 1. The van der Waals surface area contributed by atoms with Gasteiger partial charge in [-0.05, 0) is 12.1 Å². The highest BCUT2D eigenvalue weighted by molar-refractivity contribution is 8.08. The second-order valence-electron chi connectivity index (χ2n) is 2.60. The molecule has 1 aromatic heterocycles. The summed E-state index contributed by atoms with van der Waals surface area (Å²) in [5.74, 6) is 0. The van der Waals surface area contributed by atoms with Crippen molar-refractivity contribution in [1.29, 1.82) is 0 Å². The largest absolute Gasteiger partial charge is 0.245 e. The monoisotopic (exact) mass is 229 g/mol. The minimum atomic E-state index is -1.14. The topological polar surface area (TPSA) is 12.9 Å². The Morgan fingerprint density at radius 1 is 1.00 bits per heavy atom. The van der Waals surface area contributed by atoms with Gasteiger partial charge in [-0.2, -0.15) is 0 Å². The van der Waals surface area contributed by atoms with Crippen LogP contribution in [0.4, 0.5) is 0 Å². The molecule has 0 fully saturated rings. The smallest absolute Gasteiger partial charge is 0.135 e. The lowest BCUT2D eigenvalue weighted by atomic mass is 10.2. The summed E-state index contributed by atoms with van der Waals surface area (Å²) in [6, 6.07) is 11.7. The Hall–Kier alpha value is -0.360. The predicted molar refractivity (Wildman–Crippen MR) is 60.0 cm³/mol. The van der Waals surface area contributed by atoms with Gasteiger partial charge in [0, 0.05) is 5.39 Å². The Morgan fingerprint density at radius 2 is 1.77 bits per heavy atom. The van der Waals surface area contributed by atoms with Crippen LogP contribution in [0.3, 0.4) is 0 Å². The summed E-state index contributed by atoms with van der Waals surface area (Å²) in [6.45, 7) is -1.14. The summed E-state index contributed by atoms with van der Waals surface area (Å²) in [4.78, 5) is 4.34. The van der Waals surface area contributed by atoms with E-state index in [9.17, 15) is 0 Å². The highest BCUT2D eigenvalue weighted by Gasteiger charge is 2.05. The molecule has 0 bridgehead atoms. The van der Waals surface area contributed by atoms with Crippen molar-refractivity contribution >= 4 is 45.4 Å². The number of fused-ring (bicyclic) bond motifs is 1. The Labute approximate surface area is 87.0 Å². The molecule has 13 heavy (non-hydrogen) atoms. The number of aromatic nitrogens is 1. The average Bonchev–Trinajstić information content (AvgIpc) is 2.17. The maximum Gasteiger partial charge on any atom is 0.135 e. The number of hydrogen-bond acceptors (Lipinski definition) is 1. The van der Waals surface area contributed by atoms with Crippen molar-refractivity contribution in [3.05, 3.63) is 36.4 Å². The number of benzene rings is 1. The van der Waals surface area contributed by atoms with Crippen LogP contribution in [-0.2, 0) is 0 Å². The summed E-state index contributed by atoms with van der Waals surface area (Å²) in [6.07, 6.45) is 0. The Morgan fingerprint density at radius 3 is 2.54 bits per heavy atom. The van der Waals surface area contributed by atoms with Crippen LogP contribution in [0.15, 0.2) is 36.4 Å². The third kappa shape index (κ3) is 1.94. The van der Waals surface area contributed by atoms with Gasteiger partial charge in [-0.1, -0.05) is 46.7 Å². The number of nitrogens with zero attached hydrogens (tertiary/aromatic N) is 1. The first-order valence-electron chi connectivity index (χ1n) is 3.75. The van der Waals surface area contributed by atoms with Crippen LogP contribution in [-0.4, -0.2) is 4.98 Å². The zero-order chi connectivity index (χ0) is 9.26. The summed E-state index contributed by atoms with van der Waals surface area (Å²) >= 11 is 11.5. The fourth-order valence-corrected chi connectivity index (χ4v) is 2.08. The highest BCUT2D eigenvalue weighted by Crippen LogP contribution is 2.44. The Kier molecular flexibility index (Phi) is 2.69. The van der Waals surface area contributed by atoms with Crippen molar-refractivity contribution in [2.24, 2.45) is 0 Å². The molecule has 66 valence electrons. The van der Waals surface area contributed by atoms with Crippen molar-refractivity contribution in [3.8, 4) is 0 Å². The molecule has 0 amide bonds. The minimum absolute atomic E-state index is 0.761.